The Hall–Kier alpha value is -2.56. The third-order valence-corrected chi connectivity index (χ3v) is 5.68. The SMILES string of the molecule is COCCC1=C(c2ccc(OC)cc2)/C(=C(\CCOC)c2ccc(OC)cc2)CC1. The molecule has 0 amide bonds. The van der Waals surface area contributed by atoms with E-state index in [1.54, 1.807) is 28.4 Å². The first-order valence-electron chi connectivity index (χ1n) is 10.4. The Labute approximate surface area is 180 Å². The van der Waals surface area contributed by atoms with Crippen LogP contribution in [0.2, 0.25) is 0 Å². The third kappa shape index (κ3) is 5.13. The van der Waals surface area contributed by atoms with Crippen molar-refractivity contribution in [1.29, 1.82) is 0 Å². The number of hydrogen-bond acceptors (Lipinski definition) is 4. The lowest BCUT2D eigenvalue weighted by atomic mass is 9.89. The predicted octanol–water partition coefficient (Wildman–Crippen LogP) is 5.78. The van der Waals surface area contributed by atoms with Crippen LogP contribution in [0.3, 0.4) is 0 Å². The van der Waals surface area contributed by atoms with Gasteiger partial charge in [-0.15, -0.1) is 0 Å². The van der Waals surface area contributed by atoms with Crippen LogP contribution in [0.4, 0.5) is 0 Å². The van der Waals surface area contributed by atoms with Crippen LogP contribution in [0.25, 0.3) is 11.1 Å². The molecule has 0 bridgehead atoms. The van der Waals surface area contributed by atoms with E-state index in [0.29, 0.717) is 6.61 Å². The van der Waals surface area contributed by atoms with Crippen LogP contribution >= 0.6 is 0 Å². The van der Waals surface area contributed by atoms with E-state index in [-0.39, 0.29) is 0 Å². The standard InChI is InChI=1S/C26H32O4/c1-27-17-15-21-9-14-25(26(21)20-7-12-23(30-4)13-8-20)24(16-18-28-2)19-5-10-22(29-3)11-6-19/h5-8,10-13H,9,14-18H2,1-4H3/b25-24+. The molecule has 3 rings (SSSR count). The van der Waals surface area contributed by atoms with Gasteiger partial charge < -0.3 is 18.9 Å². The Kier molecular flexibility index (Phi) is 8.12. The summed E-state index contributed by atoms with van der Waals surface area (Å²) in [6.07, 6.45) is 3.91. The molecule has 4 heteroatoms. The van der Waals surface area contributed by atoms with E-state index in [2.05, 4.69) is 24.3 Å². The van der Waals surface area contributed by atoms with Gasteiger partial charge in [0.1, 0.15) is 11.5 Å². The van der Waals surface area contributed by atoms with E-state index in [1.807, 2.05) is 24.3 Å². The molecule has 30 heavy (non-hydrogen) atoms. The quantitative estimate of drug-likeness (QED) is 0.499. The lowest BCUT2D eigenvalue weighted by Crippen LogP contribution is -1.99. The van der Waals surface area contributed by atoms with Crippen molar-refractivity contribution in [3.05, 3.63) is 70.8 Å². The molecule has 0 heterocycles. The molecule has 1 aliphatic carbocycles. The fourth-order valence-corrected chi connectivity index (χ4v) is 4.12. The Morgan fingerprint density at radius 2 is 1.33 bits per heavy atom. The van der Waals surface area contributed by atoms with Crippen molar-refractivity contribution in [2.75, 3.05) is 41.7 Å². The largest absolute Gasteiger partial charge is 0.497 e. The summed E-state index contributed by atoms with van der Waals surface area (Å²) in [6.45, 7) is 1.42. The second kappa shape index (κ2) is 11.0. The van der Waals surface area contributed by atoms with Gasteiger partial charge in [-0.05, 0) is 77.8 Å². The highest BCUT2D eigenvalue weighted by molar-refractivity contribution is 5.93. The van der Waals surface area contributed by atoms with Gasteiger partial charge in [0.15, 0.2) is 0 Å². The van der Waals surface area contributed by atoms with E-state index in [9.17, 15) is 0 Å². The average molecular weight is 409 g/mol. The van der Waals surface area contributed by atoms with E-state index < -0.39 is 0 Å². The number of ether oxygens (including phenoxy) is 4. The lowest BCUT2D eigenvalue weighted by Gasteiger charge is -2.17. The molecule has 160 valence electrons. The Balaban J connectivity index is 2.11. The van der Waals surface area contributed by atoms with Gasteiger partial charge in [-0.2, -0.15) is 0 Å². The zero-order chi connectivity index (χ0) is 21.3. The Bertz CT molecular complexity index is 876. The third-order valence-electron chi connectivity index (χ3n) is 5.68. The summed E-state index contributed by atoms with van der Waals surface area (Å²) in [7, 11) is 6.92. The Morgan fingerprint density at radius 3 is 1.90 bits per heavy atom. The lowest BCUT2D eigenvalue weighted by molar-refractivity contribution is 0.202. The van der Waals surface area contributed by atoms with E-state index in [1.165, 1.54) is 33.4 Å². The van der Waals surface area contributed by atoms with Gasteiger partial charge in [-0.1, -0.05) is 29.8 Å². The van der Waals surface area contributed by atoms with Gasteiger partial charge in [0.2, 0.25) is 0 Å². The monoisotopic (exact) mass is 408 g/mol. The molecule has 0 saturated carbocycles. The molecule has 0 atom stereocenters. The van der Waals surface area contributed by atoms with Crippen LogP contribution in [-0.2, 0) is 9.47 Å². The minimum atomic E-state index is 0.689. The second-order valence-corrected chi connectivity index (χ2v) is 7.38. The molecule has 0 aromatic heterocycles. The minimum absolute atomic E-state index is 0.689. The van der Waals surface area contributed by atoms with Crippen LogP contribution in [0.15, 0.2) is 59.7 Å². The summed E-state index contributed by atoms with van der Waals surface area (Å²) in [5.41, 5.74) is 8.03. The second-order valence-electron chi connectivity index (χ2n) is 7.38. The summed E-state index contributed by atoms with van der Waals surface area (Å²) in [6, 6.07) is 16.7. The van der Waals surface area contributed by atoms with Crippen LogP contribution in [0, 0.1) is 0 Å². The fraction of sp³-hybridized carbons (Fsp3) is 0.385. The number of rotatable bonds is 10. The number of allylic oxidation sites excluding steroid dienone is 2. The maximum absolute atomic E-state index is 5.45. The van der Waals surface area contributed by atoms with Crippen LogP contribution in [0.1, 0.15) is 36.8 Å². The van der Waals surface area contributed by atoms with Crippen molar-refractivity contribution in [3.63, 3.8) is 0 Å². The smallest absolute Gasteiger partial charge is 0.118 e. The molecular formula is C26H32O4. The van der Waals surface area contributed by atoms with Crippen LogP contribution in [0.5, 0.6) is 11.5 Å². The molecule has 2 aromatic rings. The molecular weight excluding hydrogens is 376 g/mol. The summed E-state index contributed by atoms with van der Waals surface area (Å²) < 4.78 is 21.6. The molecule has 0 spiro atoms. The summed E-state index contributed by atoms with van der Waals surface area (Å²) in [4.78, 5) is 0. The van der Waals surface area contributed by atoms with Gasteiger partial charge in [-0.25, -0.2) is 0 Å². The van der Waals surface area contributed by atoms with Gasteiger partial charge >= 0.3 is 0 Å². The summed E-state index contributed by atoms with van der Waals surface area (Å²) in [5, 5.41) is 0. The molecule has 0 radical (unpaired) electrons. The van der Waals surface area contributed by atoms with Crippen molar-refractivity contribution in [1.82, 2.24) is 0 Å². The van der Waals surface area contributed by atoms with Crippen LogP contribution in [-0.4, -0.2) is 41.7 Å². The summed E-state index contributed by atoms with van der Waals surface area (Å²) >= 11 is 0. The van der Waals surface area contributed by atoms with Gasteiger partial charge in [0.25, 0.3) is 0 Å². The highest BCUT2D eigenvalue weighted by Crippen LogP contribution is 2.45. The number of hydrogen-bond donors (Lipinski definition) is 0. The first kappa shape index (κ1) is 22.1. The number of methoxy groups -OCH3 is 4. The minimum Gasteiger partial charge on any atom is -0.497 e. The van der Waals surface area contributed by atoms with Crippen molar-refractivity contribution in [2.24, 2.45) is 0 Å². The highest BCUT2D eigenvalue weighted by Gasteiger charge is 2.24. The van der Waals surface area contributed by atoms with Crippen molar-refractivity contribution < 1.29 is 18.9 Å². The average Bonchev–Trinajstić information content (AvgIpc) is 3.22. The maximum atomic E-state index is 5.45. The van der Waals surface area contributed by atoms with E-state index in [0.717, 1.165) is 43.8 Å². The zero-order valence-corrected chi connectivity index (χ0v) is 18.5. The van der Waals surface area contributed by atoms with Crippen molar-refractivity contribution >= 4 is 11.1 Å². The van der Waals surface area contributed by atoms with E-state index in [4.69, 9.17) is 18.9 Å². The molecule has 0 N–H and O–H groups in total. The van der Waals surface area contributed by atoms with E-state index >= 15 is 0 Å². The van der Waals surface area contributed by atoms with Gasteiger partial charge in [0, 0.05) is 20.8 Å². The topological polar surface area (TPSA) is 36.9 Å². The fourth-order valence-electron chi connectivity index (χ4n) is 4.12. The molecule has 0 fully saturated rings. The first-order chi connectivity index (χ1) is 14.7. The van der Waals surface area contributed by atoms with Crippen LogP contribution < -0.4 is 9.47 Å². The number of benzene rings is 2. The van der Waals surface area contributed by atoms with Gasteiger partial charge in [-0.3, -0.25) is 0 Å². The molecule has 4 nitrogen and oxygen atoms in total. The molecule has 2 aromatic carbocycles. The van der Waals surface area contributed by atoms with Crippen molar-refractivity contribution in [3.8, 4) is 11.5 Å². The zero-order valence-electron chi connectivity index (χ0n) is 18.5. The molecule has 0 aliphatic heterocycles. The predicted molar refractivity (Wildman–Crippen MR) is 122 cm³/mol. The maximum Gasteiger partial charge on any atom is 0.118 e. The molecule has 0 saturated heterocycles. The Morgan fingerprint density at radius 1 is 0.733 bits per heavy atom. The normalized spacial score (nSPS) is 15.5. The first-order valence-corrected chi connectivity index (χ1v) is 10.4. The molecule has 0 unspecified atom stereocenters. The van der Waals surface area contributed by atoms with Gasteiger partial charge in [0.05, 0.1) is 20.8 Å². The van der Waals surface area contributed by atoms with Crippen molar-refractivity contribution in [2.45, 2.75) is 25.7 Å². The molecule has 1 aliphatic rings. The highest BCUT2D eigenvalue weighted by atomic mass is 16.5. The summed E-state index contributed by atoms with van der Waals surface area (Å²) in [5.74, 6) is 1.74.